The molecular formula is C15H27N3O2. The molecule has 3 saturated heterocycles. The normalized spacial score (nSPS) is 29.2. The van der Waals surface area contributed by atoms with Gasteiger partial charge in [-0.3, -0.25) is 9.69 Å². The molecule has 0 saturated carbocycles. The Balaban J connectivity index is 1.35. The third-order valence-electron chi connectivity index (χ3n) is 4.90. The zero-order chi connectivity index (χ0) is 13.8. The van der Waals surface area contributed by atoms with Gasteiger partial charge in [0.2, 0.25) is 5.91 Å². The number of nitrogens with one attached hydrogen (secondary N) is 1. The summed E-state index contributed by atoms with van der Waals surface area (Å²) in [6.45, 7) is 7.00. The summed E-state index contributed by atoms with van der Waals surface area (Å²) >= 11 is 0. The Morgan fingerprint density at radius 1 is 1.15 bits per heavy atom. The van der Waals surface area contributed by atoms with Crippen LogP contribution in [0.3, 0.4) is 0 Å². The molecule has 0 aliphatic carbocycles. The number of nitrogens with zero attached hydrogens (tertiary/aromatic N) is 2. The second-order valence-electron chi connectivity index (χ2n) is 6.26. The molecule has 0 bridgehead atoms. The van der Waals surface area contributed by atoms with Crippen molar-refractivity contribution >= 4 is 5.91 Å². The van der Waals surface area contributed by atoms with Crippen molar-refractivity contribution in [3.8, 4) is 0 Å². The fourth-order valence-corrected chi connectivity index (χ4v) is 3.35. The van der Waals surface area contributed by atoms with Crippen molar-refractivity contribution < 1.29 is 9.53 Å². The quantitative estimate of drug-likeness (QED) is 0.813. The molecule has 20 heavy (non-hydrogen) atoms. The van der Waals surface area contributed by atoms with Gasteiger partial charge in [0.15, 0.2) is 0 Å². The van der Waals surface area contributed by atoms with Crippen molar-refractivity contribution in [3.05, 3.63) is 0 Å². The van der Waals surface area contributed by atoms with Crippen LogP contribution < -0.4 is 5.32 Å². The standard InChI is InChI=1S/C15H27N3O2/c19-15(5-4-14-3-1-2-10-20-14)18-8-6-17(7-9-18)13-11-16-12-13/h13-14,16H,1-12H2. The van der Waals surface area contributed by atoms with Crippen molar-refractivity contribution in [3.63, 3.8) is 0 Å². The van der Waals surface area contributed by atoms with E-state index in [2.05, 4.69) is 10.2 Å². The molecule has 3 aliphatic heterocycles. The summed E-state index contributed by atoms with van der Waals surface area (Å²) in [5.41, 5.74) is 0. The molecule has 5 nitrogen and oxygen atoms in total. The molecule has 5 heteroatoms. The maximum Gasteiger partial charge on any atom is 0.222 e. The van der Waals surface area contributed by atoms with Gasteiger partial charge in [0.25, 0.3) is 0 Å². The van der Waals surface area contributed by atoms with E-state index in [0.717, 1.165) is 58.7 Å². The highest BCUT2D eigenvalue weighted by molar-refractivity contribution is 5.76. The van der Waals surface area contributed by atoms with Gasteiger partial charge in [-0.15, -0.1) is 0 Å². The second kappa shape index (κ2) is 6.87. The molecular weight excluding hydrogens is 254 g/mol. The fourth-order valence-electron chi connectivity index (χ4n) is 3.35. The molecule has 1 unspecified atom stereocenters. The number of carbonyl (C=O) groups is 1. The lowest BCUT2D eigenvalue weighted by Gasteiger charge is -2.43. The number of amides is 1. The minimum Gasteiger partial charge on any atom is -0.378 e. The monoisotopic (exact) mass is 281 g/mol. The van der Waals surface area contributed by atoms with Crippen LogP contribution in [0.4, 0.5) is 0 Å². The summed E-state index contributed by atoms with van der Waals surface area (Å²) in [5.74, 6) is 0.325. The largest absolute Gasteiger partial charge is 0.378 e. The lowest BCUT2D eigenvalue weighted by Crippen LogP contribution is -2.62. The molecule has 1 N–H and O–H groups in total. The molecule has 0 aromatic rings. The fraction of sp³-hybridized carbons (Fsp3) is 0.933. The van der Waals surface area contributed by atoms with Crippen LogP contribution in [0.25, 0.3) is 0 Å². The van der Waals surface area contributed by atoms with Gasteiger partial charge in [0.1, 0.15) is 0 Å². The Bertz CT molecular complexity index is 319. The van der Waals surface area contributed by atoms with Crippen LogP contribution in [0.1, 0.15) is 32.1 Å². The van der Waals surface area contributed by atoms with E-state index in [4.69, 9.17) is 4.74 Å². The van der Waals surface area contributed by atoms with Crippen molar-refractivity contribution in [2.45, 2.75) is 44.2 Å². The highest BCUT2D eigenvalue weighted by atomic mass is 16.5. The molecule has 0 aromatic heterocycles. The topological polar surface area (TPSA) is 44.8 Å². The van der Waals surface area contributed by atoms with E-state index in [1.54, 1.807) is 0 Å². The first-order chi connectivity index (χ1) is 9.83. The van der Waals surface area contributed by atoms with Crippen LogP contribution >= 0.6 is 0 Å². The van der Waals surface area contributed by atoms with Gasteiger partial charge in [-0.1, -0.05) is 0 Å². The summed E-state index contributed by atoms with van der Waals surface area (Å²) in [5, 5.41) is 3.31. The molecule has 1 amide bonds. The summed E-state index contributed by atoms with van der Waals surface area (Å²) in [4.78, 5) is 16.8. The van der Waals surface area contributed by atoms with Crippen LogP contribution in [0.5, 0.6) is 0 Å². The minimum atomic E-state index is 0.325. The maximum absolute atomic E-state index is 12.2. The molecule has 0 radical (unpaired) electrons. The average Bonchev–Trinajstić information content (AvgIpc) is 2.45. The Labute approximate surface area is 121 Å². The van der Waals surface area contributed by atoms with Crippen LogP contribution in [-0.2, 0) is 9.53 Å². The van der Waals surface area contributed by atoms with Crippen molar-refractivity contribution in [2.75, 3.05) is 45.9 Å². The first-order valence-electron chi connectivity index (χ1n) is 8.17. The van der Waals surface area contributed by atoms with Crippen molar-refractivity contribution in [1.82, 2.24) is 15.1 Å². The number of hydrogen-bond donors (Lipinski definition) is 1. The average molecular weight is 281 g/mol. The smallest absolute Gasteiger partial charge is 0.222 e. The third-order valence-corrected chi connectivity index (χ3v) is 4.90. The van der Waals surface area contributed by atoms with E-state index >= 15 is 0 Å². The van der Waals surface area contributed by atoms with Crippen molar-refractivity contribution in [2.24, 2.45) is 0 Å². The number of rotatable bonds is 4. The molecule has 3 fully saturated rings. The van der Waals surface area contributed by atoms with Crippen LogP contribution in [0.2, 0.25) is 0 Å². The van der Waals surface area contributed by atoms with Gasteiger partial charge < -0.3 is 15.0 Å². The molecule has 114 valence electrons. The first-order valence-corrected chi connectivity index (χ1v) is 8.17. The maximum atomic E-state index is 12.2. The van der Waals surface area contributed by atoms with Crippen LogP contribution in [0.15, 0.2) is 0 Å². The van der Waals surface area contributed by atoms with Crippen LogP contribution in [-0.4, -0.2) is 73.7 Å². The Kier molecular flexibility index (Phi) is 4.91. The Morgan fingerprint density at radius 3 is 2.55 bits per heavy atom. The van der Waals surface area contributed by atoms with Gasteiger partial charge >= 0.3 is 0 Å². The van der Waals surface area contributed by atoms with E-state index in [9.17, 15) is 4.79 Å². The Morgan fingerprint density at radius 2 is 1.95 bits per heavy atom. The second-order valence-corrected chi connectivity index (χ2v) is 6.26. The lowest BCUT2D eigenvalue weighted by molar-refractivity contribution is -0.134. The highest BCUT2D eigenvalue weighted by Crippen LogP contribution is 2.18. The molecule has 0 spiro atoms. The zero-order valence-electron chi connectivity index (χ0n) is 12.4. The summed E-state index contributed by atoms with van der Waals surface area (Å²) < 4.78 is 5.70. The van der Waals surface area contributed by atoms with Gasteiger partial charge in [-0.2, -0.15) is 0 Å². The predicted molar refractivity (Wildman–Crippen MR) is 77.6 cm³/mol. The number of hydrogen-bond acceptors (Lipinski definition) is 4. The number of piperazine rings is 1. The summed E-state index contributed by atoms with van der Waals surface area (Å²) in [6, 6.07) is 0.711. The summed E-state index contributed by atoms with van der Waals surface area (Å²) in [6.07, 6.45) is 5.47. The SMILES string of the molecule is O=C(CCC1CCCCO1)N1CCN(C2CNC2)CC1. The van der Waals surface area contributed by atoms with Crippen molar-refractivity contribution in [1.29, 1.82) is 0 Å². The van der Waals surface area contributed by atoms with E-state index in [-0.39, 0.29) is 0 Å². The highest BCUT2D eigenvalue weighted by Gasteiger charge is 2.29. The number of ether oxygens (including phenoxy) is 1. The Hall–Kier alpha value is -0.650. The molecule has 1 atom stereocenters. The van der Waals surface area contributed by atoms with E-state index in [1.807, 2.05) is 4.90 Å². The molecule has 3 aliphatic rings. The van der Waals surface area contributed by atoms with Gasteiger partial charge in [0, 0.05) is 58.3 Å². The van der Waals surface area contributed by atoms with Gasteiger partial charge in [-0.25, -0.2) is 0 Å². The van der Waals surface area contributed by atoms with Gasteiger partial charge in [0.05, 0.1) is 6.10 Å². The predicted octanol–water partition coefficient (Wildman–Crippen LogP) is 0.452. The van der Waals surface area contributed by atoms with E-state index < -0.39 is 0 Å². The molecule has 0 aromatic carbocycles. The third kappa shape index (κ3) is 3.51. The summed E-state index contributed by atoms with van der Waals surface area (Å²) in [7, 11) is 0. The first kappa shape index (κ1) is 14.3. The lowest BCUT2D eigenvalue weighted by atomic mass is 10.0. The zero-order valence-corrected chi connectivity index (χ0v) is 12.4. The minimum absolute atomic E-state index is 0.325. The van der Waals surface area contributed by atoms with E-state index in [0.29, 0.717) is 24.5 Å². The van der Waals surface area contributed by atoms with Gasteiger partial charge in [-0.05, 0) is 25.7 Å². The molecule has 3 heterocycles. The van der Waals surface area contributed by atoms with Crippen LogP contribution in [0, 0.1) is 0 Å². The van der Waals surface area contributed by atoms with E-state index in [1.165, 1.54) is 12.8 Å². The number of carbonyl (C=O) groups excluding carboxylic acids is 1. The molecule has 3 rings (SSSR count).